The van der Waals surface area contributed by atoms with Crippen molar-refractivity contribution in [1.29, 1.82) is 5.41 Å². The topological polar surface area (TPSA) is 132 Å². The number of hydrogen-bond acceptors (Lipinski definition) is 7. The lowest BCUT2D eigenvalue weighted by atomic mass is 10.1. The first-order chi connectivity index (χ1) is 11.0. The molecule has 1 amide bonds. The molecule has 0 aliphatic heterocycles. The van der Waals surface area contributed by atoms with Crippen molar-refractivity contribution >= 4 is 23.7 Å². The van der Waals surface area contributed by atoms with E-state index in [2.05, 4.69) is 0 Å². The Labute approximate surface area is 140 Å². The number of likely N-dealkylation sites (N-methyl/N-ethyl adjacent to an activating group) is 1. The molecule has 9 heteroatoms. The maximum absolute atomic E-state index is 11.8. The zero-order valence-electron chi connectivity index (χ0n) is 14.2. The van der Waals surface area contributed by atoms with Gasteiger partial charge in [0.2, 0.25) is 0 Å². The average Bonchev–Trinajstić information content (AvgIpc) is 2.45. The van der Waals surface area contributed by atoms with Crippen LogP contribution in [0.25, 0.3) is 0 Å². The van der Waals surface area contributed by atoms with E-state index < -0.39 is 16.6 Å². The predicted molar refractivity (Wildman–Crippen MR) is 89.8 cm³/mol. The van der Waals surface area contributed by atoms with E-state index in [1.807, 2.05) is 0 Å². The summed E-state index contributed by atoms with van der Waals surface area (Å²) >= 11 is 0. The van der Waals surface area contributed by atoms with E-state index in [1.165, 1.54) is 17.0 Å². The Morgan fingerprint density at radius 1 is 1.46 bits per heavy atom. The fourth-order valence-corrected chi connectivity index (χ4v) is 1.71. The summed E-state index contributed by atoms with van der Waals surface area (Å²) < 4.78 is 10.6. The summed E-state index contributed by atoms with van der Waals surface area (Å²) in [6.45, 7) is 5.48. The van der Waals surface area contributed by atoms with Crippen LogP contribution in [0.3, 0.4) is 0 Å². The van der Waals surface area contributed by atoms with E-state index in [4.69, 9.17) is 20.6 Å². The minimum Gasteiger partial charge on any atom is -0.485 e. The van der Waals surface area contributed by atoms with Gasteiger partial charge in [0.25, 0.3) is 0 Å². The monoisotopic (exact) mass is 338 g/mol. The highest BCUT2D eigenvalue weighted by atomic mass is 16.6. The summed E-state index contributed by atoms with van der Waals surface area (Å²) in [6.07, 6.45) is 0.418. The number of carbonyl (C=O) groups is 1. The lowest BCUT2D eigenvalue weighted by Crippen LogP contribution is -2.36. The van der Waals surface area contributed by atoms with Gasteiger partial charge >= 0.3 is 11.8 Å². The lowest BCUT2D eigenvalue weighted by molar-refractivity contribution is -0.385. The Balaban J connectivity index is 2.74. The second-order valence-corrected chi connectivity index (χ2v) is 6.10. The van der Waals surface area contributed by atoms with Gasteiger partial charge in [-0.25, -0.2) is 4.79 Å². The van der Waals surface area contributed by atoms with Gasteiger partial charge in [-0.15, -0.1) is 0 Å². The number of nitrogen functional groups attached to an aromatic ring is 1. The average molecular weight is 338 g/mol. The number of carbonyl (C=O) groups excluding carboxylic acids is 1. The van der Waals surface area contributed by atoms with Gasteiger partial charge in [0.05, 0.1) is 11.5 Å². The second-order valence-electron chi connectivity index (χ2n) is 6.10. The van der Waals surface area contributed by atoms with Gasteiger partial charge in [0.15, 0.2) is 5.75 Å². The molecule has 0 heterocycles. The van der Waals surface area contributed by atoms with E-state index in [-0.39, 0.29) is 35.8 Å². The second kappa shape index (κ2) is 7.62. The van der Waals surface area contributed by atoms with Crippen molar-refractivity contribution in [1.82, 2.24) is 4.90 Å². The summed E-state index contributed by atoms with van der Waals surface area (Å²) in [5.74, 6) is -0.0133. The number of rotatable bonds is 6. The van der Waals surface area contributed by atoms with Crippen molar-refractivity contribution in [2.45, 2.75) is 26.4 Å². The number of nitro groups is 1. The molecule has 1 aromatic carbocycles. The van der Waals surface area contributed by atoms with Crippen molar-refractivity contribution < 1.29 is 19.2 Å². The Kier molecular flexibility index (Phi) is 6.10. The number of nitrogens with zero attached hydrogens (tertiary/aromatic N) is 2. The Morgan fingerprint density at radius 3 is 2.58 bits per heavy atom. The van der Waals surface area contributed by atoms with Gasteiger partial charge < -0.3 is 25.5 Å². The number of nitrogens with two attached hydrogens (primary N) is 1. The van der Waals surface area contributed by atoms with E-state index in [0.29, 0.717) is 0 Å². The van der Waals surface area contributed by atoms with Crippen LogP contribution in [0.1, 0.15) is 26.3 Å². The third-order valence-corrected chi connectivity index (χ3v) is 2.91. The Hall–Kier alpha value is -2.84. The van der Waals surface area contributed by atoms with Crippen LogP contribution in [-0.2, 0) is 4.74 Å². The fourth-order valence-electron chi connectivity index (χ4n) is 1.71. The molecule has 0 radical (unpaired) electrons. The molecule has 0 bridgehead atoms. The molecular weight excluding hydrogens is 316 g/mol. The zero-order valence-corrected chi connectivity index (χ0v) is 14.2. The maximum atomic E-state index is 11.8. The first-order valence-corrected chi connectivity index (χ1v) is 7.20. The Morgan fingerprint density at radius 2 is 2.08 bits per heavy atom. The maximum Gasteiger partial charge on any atom is 0.410 e. The van der Waals surface area contributed by atoms with Crippen molar-refractivity contribution in [3.8, 4) is 5.75 Å². The highest BCUT2D eigenvalue weighted by Crippen LogP contribution is 2.31. The molecule has 1 aromatic rings. The van der Waals surface area contributed by atoms with E-state index in [9.17, 15) is 14.9 Å². The molecule has 24 heavy (non-hydrogen) atoms. The quantitative estimate of drug-likeness (QED) is 0.354. The van der Waals surface area contributed by atoms with Gasteiger partial charge in [-0.1, -0.05) is 0 Å². The van der Waals surface area contributed by atoms with Crippen molar-refractivity contribution in [3.05, 3.63) is 27.8 Å². The molecule has 0 saturated carbocycles. The number of amides is 1. The van der Waals surface area contributed by atoms with Crippen LogP contribution in [0.5, 0.6) is 5.75 Å². The molecule has 3 N–H and O–H groups in total. The van der Waals surface area contributed by atoms with Crippen molar-refractivity contribution in [2.24, 2.45) is 0 Å². The largest absolute Gasteiger partial charge is 0.485 e. The number of ether oxygens (including phenoxy) is 2. The molecule has 0 aromatic heterocycles. The summed E-state index contributed by atoms with van der Waals surface area (Å²) in [5, 5.41) is 18.3. The molecule has 132 valence electrons. The van der Waals surface area contributed by atoms with E-state index in [0.717, 1.165) is 6.21 Å². The minimum atomic E-state index is -0.612. The molecule has 0 saturated heterocycles. The van der Waals surface area contributed by atoms with Gasteiger partial charge in [0, 0.05) is 36.6 Å². The predicted octanol–water partition coefficient (Wildman–Crippen LogP) is 2.42. The van der Waals surface area contributed by atoms with Gasteiger partial charge in [0.1, 0.15) is 12.2 Å². The molecule has 1 rings (SSSR count). The van der Waals surface area contributed by atoms with Crippen LogP contribution in [0, 0.1) is 15.5 Å². The summed E-state index contributed by atoms with van der Waals surface area (Å²) in [5.41, 5.74) is 5.25. The third kappa shape index (κ3) is 5.41. The first kappa shape index (κ1) is 19.2. The standard InChI is InChI=1S/C15H22N4O5/c1-15(2,3)24-14(20)18(4)5-6-23-13-8-11(17)10(9-16)7-12(13)19(21)22/h7-9,16H,5-6,17H2,1-4H3. The van der Waals surface area contributed by atoms with Gasteiger partial charge in [-0.2, -0.15) is 0 Å². The minimum absolute atomic E-state index is 0.0133. The van der Waals surface area contributed by atoms with Crippen LogP contribution in [0.15, 0.2) is 12.1 Å². The van der Waals surface area contributed by atoms with Crippen LogP contribution in [0.4, 0.5) is 16.2 Å². The number of benzene rings is 1. The first-order valence-electron chi connectivity index (χ1n) is 7.20. The SMILES string of the molecule is CN(CCOc1cc(N)c(C=N)cc1[N+](=O)[O-])C(=O)OC(C)(C)C. The van der Waals surface area contributed by atoms with Crippen molar-refractivity contribution in [2.75, 3.05) is 25.9 Å². The highest BCUT2D eigenvalue weighted by Gasteiger charge is 2.21. The van der Waals surface area contributed by atoms with Gasteiger partial charge in [-0.05, 0) is 20.8 Å². The zero-order chi connectivity index (χ0) is 18.5. The van der Waals surface area contributed by atoms with Crippen LogP contribution in [-0.4, -0.2) is 47.9 Å². The molecule has 0 aliphatic carbocycles. The molecule has 0 spiro atoms. The number of nitrogens with one attached hydrogen (secondary N) is 1. The molecule has 0 fully saturated rings. The smallest absolute Gasteiger partial charge is 0.410 e. The van der Waals surface area contributed by atoms with Gasteiger partial charge in [-0.3, -0.25) is 10.1 Å². The lowest BCUT2D eigenvalue weighted by Gasteiger charge is -2.24. The van der Waals surface area contributed by atoms with Crippen LogP contribution >= 0.6 is 0 Å². The molecule has 0 aliphatic rings. The van der Waals surface area contributed by atoms with Crippen LogP contribution in [0.2, 0.25) is 0 Å². The van der Waals surface area contributed by atoms with E-state index in [1.54, 1.807) is 27.8 Å². The number of hydrogen-bond donors (Lipinski definition) is 2. The molecular formula is C15H22N4O5. The molecule has 0 atom stereocenters. The third-order valence-electron chi connectivity index (χ3n) is 2.91. The number of anilines is 1. The fraction of sp³-hybridized carbons (Fsp3) is 0.467. The Bertz CT molecular complexity index is 639. The van der Waals surface area contributed by atoms with Crippen molar-refractivity contribution in [3.63, 3.8) is 0 Å². The van der Waals surface area contributed by atoms with Crippen LogP contribution < -0.4 is 10.5 Å². The summed E-state index contributed by atoms with van der Waals surface area (Å²) in [6, 6.07) is 2.47. The highest BCUT2D eigenvalue weighted by molar-refractivity contribution is 5.87. The summed E-state index contributed by atoms with van der Waals surface area (Å²) in [4.78, 5) is 23.6. The molecule has 9 nitrogen and oxygen atoms in total. The normalized spacial score (nSPS) is 10.8. The number of nitro benzene ring substituents is 1. The molecule has 0 unspecified atom stereocenters. The van der Waals surface area contributed by atoms with E-state index >= 15 is 0 Å². The summed E-state index contributed by atoms with van der Waals surface area (Å²) in [7, 11) is 1.54.